The lowest BCUT2D eigenvalue weighted by Crippen LogP contribution is -2.47. The maximum atomic E-state index is 13.4. The fourth-order valence-electron chi connectivity index (χ4n) is 3.78. The molecule has 0 saturated carbocycles. The molecule has 2 aromatic rings. The van der Waals surface area contributed by atoms with Crippen LogP contribution in [0.1, 0.15) is 57.4 Å². The normalized spacial score (nSPS) is 11.5. The monoisotopic (exact) mass is 455 g/mol. The summed E-state index contributed by atoms with van der Waals surface area (Å²) in [5.41, 5.74) is 3.01. The number of hydrogen-bond donors (Lipinski definition) is 0. The summed E-state index contributed by atoms with van der Waals surface area (Å²) in [5, 5.41) is 0. The highest BCUT2D eigenvalue weighted by atomic mass is 16.5. The van der Waals surface area contributed by atoms with E-state index in [1.54, 1.807) is 12.0 Å². The van der Waals surface area contributed by atoms with Gasteiger partial charge in [-0.1, -0.05) is 63.9 Å². The van der Waals surface area contributed by atoms with Crippen molar-refractivity contribution in [1.82, 2.24) is 14.4 Å². The van der Waals surface area contributed by atoms with Crippen molar-refractivity contribution in [3.8, 4) is 0 Å². The molecular formula is C27H41N3O3. The van der Waals surface area contributed by atoms with Gasteiger partial charge >= 0.3 is 0 Å². The third kappa shape index (κ3) is 8.35. The number of methoxy groups -OCH3 is 1. The first-order chi connectivity index (χ1) is 15.7. The molecule has 0 spiro atoms. The summed E-state index contributed by atoms with van der Waals surface area (Å²) in [6, 6.07) is 12.6. The fourth-order valence-corrected chi connectivity index (χ4v) is 3.78. The van der Waals surface area contributed by atoms with Crippen LogP contribution in [0.15, 0.2) is 42.6 Å². The van der Waals surface area contributed by atoms with Crippen LogP contribution in [0, 0.1) is 12.3 Å². The SMILES string of the molecule is CCCCN(Cc1cccn1Cc1cccc(C)c1)C(=O)CN(CCOC)C(=O)C(C)(C)C. The maximum Gasteiger partial charge on any atom is 0.242 e. The Kier molecular flexibility index (Phi) is 10.2. The summed E-state index contributed by atoms with van der Waals surface area (Å²) in [4.78, 5) is 29.8. The summed E-state index contributed by atoms with van der Waals surface area (Å²) in [5.74, 6) is -0.0633. The Morgan fingerprint density at radius 3 is 2.45 bits per heavy atom. The van der Waals surface area contributed by atoms with Gasteiger partial charge in [-0.05, 0) is 31.0 Å². The number of benzene rings is 1. The Morgan fingerprint density at radius 1 is 1.06 bits per heavy atom. The van der Waals surface area contributed by atoms with Crippen LogP contribution in [0.2, 0.25) is 0 Å². The average molecular weight is 456 g/mol. The number of amides is 2. The van der Waals surface area contributed by atoms with Crippen molar-refractivity contribution in [3.63, 3.8) is 0 Å². The van der Waals surface area contributed by atoms with Crippen LogP contribution in [0.25, 0.3) is 0 Å². The minimum atomic E-state index is -0.551. The second kappa shape index (κ2) is 12.6. The van der Waals surface area contributed by atoms with E-state index in [0.717, 1.165) is 25.1 Å². The number of carbonyl (C=O) groups excluding carboxylic acids is 2. The predicted octanol–water partition coefficient (Wildman–Crippen LogP) is 4.49. The van der Waals surface area contributed by atoms with Gasteiger partial charge in [0.15, 0.2) is 0 Å². The van der Waals surface area contributed by atoms with Crippen molar-refractivity contribution >= 4 is 11.8 Å². The maximum absolute atomic E-state index is 13.4. The number of aromatic nitrogens is 1. The number of ether oxygens (including phenoxy) is 1. The van der Waals surface area contributed by atoms with E-state index < -0.39 is 5.41 Å². The first-order valence-electron chi connectivity index (χ1n) is 11.9. The number of hydrogen-bond acceptors (Lipinski definition) is 3. The number of rotatable bonds is 12. The minimum absolute atomic E-state index is 0.0274. The van der Waals surface area contributed by atoms with Gasteiger partial charge in [-0.2, -0.15) is 0 Å². The summed E-state index contributed by atoms with van der Waals surface area (Å²) >= 11 is 0. The molecule has 1 heterocycles. The Bertz CT molecular complexity index is 898. The molecule has 2 amide bonds. The van der Waals surface area contributed by atoms with E-state index in [9.17, 15) is 9.59 Å². The molecule has 0 N–H and O–H groups in total. The Balaban J connectivity index is 2.17. The summed E-state index contributed by atoms with van der Waals surface area (Å²) < 4.78 is 7.38. The van der Waals surface area contributed by atoms with E-state index in [1.165, 1.54) is 11.1 Å². The molecule has 1 aromatic heterocycles. The molecule has 0 atom stereocenters. The smallest absolute Gasteiger partial charge is 0.242 e. The molecule has 0 saturated heterocycles. The average Bonchev–Trinajstić information content (AvgIpc) is 3.19. The predicted molar refractivity (Wildman–Crippen MR) is 133 cm³/mol. The number of nitrogens with zero attached hydrogens (tertiary/aromatic N) is 3. The standard InChI is InChI=1S/C27H41N3O3/c1-7-8-14-29(25(31)21-30(16-17-33-6)26(32)27(3,4)5)20-24-13-10-15-28(24)19-23-12-9-11-22(2)18-23/h9-13,15,18H,7-8,14,16-17,19-21H2,1-6H3. The van der Waals surface area contributed by atoms with Crippen molar-refractivity contribution in [2.24, 2.45) is 5.41 Å². The van der Waals surface area contributed by atoms with Gasteiger partial charge in [0.1, 0.15) is 0 Å². The molecule has 33 heavy (non-hydrogen) atoms. The Hall–Kier alpha value is -2.60. The molecule has 0 aliphatic carbocycles. The molecule has 6 heteroatoms. The van der Waals surface area contributed by atoms with Crippen LogP contribution in [-0.4, -0.2) is 59.5 Å². The van der Waals surface area contributed by atoms with Crippen molar-refractivity contribution < 1.29 is 14.3 Å². The number of aryl methyl sites for hydroxylation is 1. The van der Waals surface area contributed by atoms with E-state index in [2.05, 4.69) is 54.9 Å². The first kappa shape index (κ1) is 26.7. The molecule has 2 rings (SSSR count). The highest BCUT2D eigenvalue weighted by Crippen LogP contribution is 2.18. The quantitative estimate of drug-likeness (QED) is 0.474. The van der Waals surface area contributed by atoms with Gasteiger partial charge in [-0.25, -0.2) is 0 Å². The molecule has 182 valence electrons. The zero-order valence-electron chi connectivity index (χ0n) is 21.3. The van der Waals surface area contributed by atoms with Gasteiger partial charge in [0.25, 0.3) is 0 Å². The van der Waals surface area contributed by atoms with Crippen molar-refractivity contribution in [2.75, 3.05) is 33.4 Å². The van der Waals surface area contributed by atoms with E-state index >= 15 is 0 Å². The zero-order chi connectivity index (χ0) is 24.4. The summed E-state index contributed by atoms with van der Waals surface area (Å²) in [6.45, 7) is 12.7. The largest absolute Gasteiger partial charge is 0.383 e. The van der Waals surface area contributed by atoms with Crippen LogP contribution in [-0.2, 0) is 27.4 Å². The summed E-state index contributed by atoms with van der Waals surface area (Å²) in [7, 11) is 1.61. The van der Waals surface area contributed by atoms with Gasteiger partial charge < -0.3 is 19.1 Å². The van der Waals surface area contributed by atoms with Gasteiger partial charge in [0.2, 0.25) is 11.8 Å². The molecule has 0 radical (unpaired) electrons. The van der Waals surface area contributed by atoms with E-state index in [4.69, 9.17) is 4.74 Å². The lowest BCUT2D eigenvalue weighted by atomic mass is 9.94. The van der Waals surface area contributed by atoms with Crippen LogP contribution >= 0.6 is 0 Å². The molecule has 0 aliphatic heterocycles. The topological polar surface area (TPSA) is 54.8 Å². The molecular weight excluding hydrogens is 414 g/mol. The van der Waals surface area contributed by atoms with E-state index in [0.29, 0.717) is 26.2 Å². The molecule has 6 nitrogen and oxygen atoms in total. The van der Waals surface area contributed by atoms with Crippen molar-refractivity contribution in [2.45, 2.75) is 60.5 Å². The van der Waals surface area contributed by atoms with Crippen LogP contribution in [0.4, 0.5) is 0 Å². The Labute approximate surface area is 199 Å². The van der Waals surface area contributed by atoms with Crippen LogP contribution in [0.3, 0.4) is 0 Å². The third-order valence-corrected chi connectivity index (χ3v) is 5.67. The highest BCUT2D eigenvalue weighted by Gasteiger charge is 2.29. The second-order valence-corrected chi connectivity index (χ2v) is 9.75. The van der Waals surface area contributed by atoms with E-state index in [-0.39, 0.29) is 18.4 Å². The zero-order valence-corrected chi connectivity index (χ0v) is 21.3. The lowest BCUT2D eigenvalue weighted by Gasteiger charge is -2.31. The summed E-state index contributed by atoms with van der Waals surface area (Å²) in [6.07, 6.45) is 3.99. The fraction of sp³-hybridized carbons (Fsp3) is 0.556. The number of unbranched alkanes of at least 4 members (excludes halogenated alkanes) is 1. The highest BCUT2D eigenvalue weighted by molar-refractivity contribution is 5.87. The van der Waals surface area contributed by atoms with Gasteiger partial charge in [0.05, 0.1) is 19.7 Å². The third-order valence-electron chi connectivity index (χ3n) is 5.67. The van der Waals surface area contributed by atoms with Crippen LogP contribution < -0.4 is 0 Å². The van der Waals surface area contributed by atoms with Gasteiger partial charge in [-0.3, -0.25) is 9.59 Å². The number of carbonyl (C=O) groups is 2. The Morgan fingerprint density at radius 2 is 1.82 bits per heavy atom. The molecule has 1 aromatic carbocycles. The molecule has 0 bridgehead atoms. The van der Waals surface area contributed by atoms with Gasteiger partial charge in [0, 0.05) is 44.0 Å². The minimum Gasteiger partial charge on any atom is -0.383 e. The van der Waals surface area contributed by atoms with Crippen LogP contribution in [0.5, 0.6) is 0 Å². The lowest BCUT2D eigenvalue weighted by molar-refractivity contribution is -0.146. The molecule has 0 aliphatic rings. The first-order valence-corrected chi connectivity index (χ1v) is 11.9. The molecule has 0 fully saturated rings. The molecule has 0 unspecified atom stereocenters. The van der Waals surface area contributed by atoms with Crippen molar-refractivity contribution in [3.05, 3.63) is 59.4 Å². The van der Waals surface area contributed by atoms with E-state index in [1.807, 2.05) is 31.7 Å². The second-order valence-electron chi connectivity index (χ2n) is 9.75. The van der Waals surface area contributed by atoms with Crippen molar-refractivity contribution in [1.29, 1.82) is 0 Å². The van der Waals surface area contributed by atoms with Gasteiger partial charge in [-0.15, -0.1) is 0 Å².